The van der Waals surface area contributed by atoms with Gasteiger partial charge in [-0.05, 0) is 30.2 Å². The number of fused-ring (bicyclic) bond motifs is 1. The normalized spacial score (nSPS) is 16.3. The van der Waals surface area contributed by atoms with Crippen molar-refractivity contribution in [3.05, 3.63) is 23.8 Å². The van der Waals surface area contributed by atoms with Gasteiger partial charge >= 0.3 is 0 Å². The number of nitrogens with two attached hydrogens (primary N) is 1. The van der Waals surface area contributed by atoms with Crippen molar-refractivity contribution in [3.63, 3.8) is 0 Å². The van der Waals surface area contributed by atoms with Crippen molar-refractivity contribution in [2.24, 2.45) is 11.1 Å². The van der Waals surface area contributed by atoms with Crippen molar-refractivity contribution >= 4 is 0 Å². The summed E-state index contributed by atoms with van der Waals surface area (Å²) in [7, 11) is 2.12. The Morgan fingerprint density at radius 3 is 2.45 bits per heavy atom. The van der Waals surface area contributed by atoms with Crippen LogP contribution in [0.15, 0.2) is 18.2 Å². The van der Waals surface area contributed by atoms with E-state index in [-0.39, 0.29) is 11.5 Å². The summed E-state index contributed by atoms with van der Waals surface area (Å²) in [6, 6.07) is 6.33. The Hall–Kier alpha value is -1.26. The Morgan fingerprint density at radius 2 is 1.85 bits per heavy atom. The third kappa shape index (κ3) is 3.64. The first kappa shape index (κ1) is 15.1. The van der Waals surface area contributed by atoms with E-state index in [4.69, 9.17) is 15.2 Å². The van der Waals surface area contributed by atoms with Gasteiger partial charge in [0.2, 0.25) is 0 Å². The third-order valence-electron chi connectivity index (χ3n) is 3.43. The minimum Gasteiger partial charge on any atom is -0.486 e. The topological polar surface area (TPSA) is 47.7 Å². The second kappa shape index (κ2) is 6.02. The van der Waals surface area contributed by atoms with Crippen molar-refractivity contribution < 1.29 is 9.47 Å². The summed E-state index contributed by atoms with van der Waals surface area (Å²) in [5.41, 5.74) is 7.42. The molecule has 1 aliphatic heterocycles. The Balaban J connectivity index is 2.19. The number of hydrogen-bond acceptors (Lipinski definition) is 4. The molecule has 20 heavy (non-hydrogen) atoms. The predicted octanol–water partition coefficient (Wildman–Crippen LogP) is 2.44. The molecule has 0 aliphatic carbocycles. The fourth-order valence-corrected chi connectivity index (χ4v) is 2.70. The summed E-state index contributed by atoms with van der Waals surface area (Å²) >= 11 is 0. The Morgan fingerprint density at radius 1 is 1.20 bits per heavy atom. The zero-order valence-corrected chi connectivity index (χ0v) is 13.0. The SMILES string of the molecule is CN(CC(C)(C)C)C(CN)c1ccc2c(c1)OCCO2. The van der Waals surface area contributed by atoms with Gasteiger partial charge in [-0.25, -0.2) is 0 Å². The first-order chi connectivity index (χ1) is 9.40. The van der Waals surface area contributed by atoms with Gasteiger partial charge in [0.1, 0.15) is 13.2 Å². The second-order valence-corrected chi connectivity index (χ2v) is 6.63. The maximum Gasteiger partial charge on any atom is 0.161 e. The number of nitrogens with zero attached hydrogens (tertiary/aromatic N) is 1. The van der Waals surface area contributed by atoms with Gasteiger partial charge in [-0.15, -0.1) is 0 Å². The molecule has 0 aromatic heterocycles. The van der Waals surface area contributed by atoms with E-state index in [1.54, 1.807) is 0 Å². The summed E-state index contributed by atoms with van der Waals surface area (Å²) in [5.74, 6) is 1.66. The first-order valence-electron chi connectivity index (χ1n) is 7.20. The fraction of sp³-hybridized carbons (Fsp3) is 0.625. The lowest BCUT2D eigenvalue weighted by atomic mass is 9.94. The summed E-state index contributed by atoms with van der Waals surface area (Å²) in [5, 5.41) is 0. The maximum absolute atomic E-state index is 5.99. The first-order valence-corrected chi connectivity index (χ1v) is 7.20. The zero-order valence-electron chi connectivity index (χ0n) is 13.0. The average Bonchev–Trinajstić information content (AvgIpc) is 2.37. The van der Waals surface area contributed by atoms with Crippen LogP contribution in [-0.2, 0) is 0 Å². The monoisotopic (exact) mass is 278 g/mol. The predicted molar refractivity (Wildman–Crippen MR) is 81.3 cm³/mol. The van der Waals surface area contributed by atoms with E-state index in [1.165, 1.54) is 5.56 Å². The van der Waals surface area contributed by atoms with Crippen molar-refractivity contribution in [1.29, 1.82) is 0 Å². The van der Waals surface area contributed by atoms with Crippen LogP contribution in [0.3, 0.4) is 0 Å². The highest BCUT2D eigenvalue weighted by Crippen LogP contribution is 2.34. The van der Waals surface area contributed by atoms with Gasteiger partial charge in [-0.2, -0.15) is 0 Å². The van der Waals surface area contributed by atoms with E-state index in [9.17, 15) is 0 Å². The second-order valence-electron chi connectivity index (χ2n) is 6.63. The molecule has 2 rings (SSSR count). The molecule has 0 bridgehead atoms. The van der Waals surface area contributed by atoms with Crippen molar-refractivity contribution in [1.82, 2.24) is 4.90 Å². The van der Waals surface area contributed by atoms with Crippen LogP contribution >= 0.6 is 0 Å². The van der Waals surface area contributed by atoms with Crippen molar-refractivity contribution in [3.8, 4) is 11.5 Å². The molecule has 2 N–H and O–H groups in total. The molecule has 0 amide bonds. The van der Waals surface area contributed by atoms with Crippen LogP contribution in [0, 0.1) is 5.41 Å². The van der Waals surface area contributed by atoms with Gasteiger partial charge in [0, 0.05) is 19.1 Å². The maximum atomic E-state index is 5.99. The molecule has 1 atom stereocenters. The van der Waals surface area contributed by atoms with Gasteiger partial charge < -0.3 is 15.2 Å². The highest BCUT2D eigenvalue weighted by Gasteiger charge is 2.22. The number of benzene rings is 1. The summed E-state index contributed by atoms with van der Waals surface area (Å²) < 4.78 is 11.2. The summed E-state index contributed by atoms with van der Waals surface area (Å²) in [6.07, 6.45) is 0. The molecule has 1 aromatic rings. The molecule has 4 nitrogen and oxygen atoms in total. The smallest absolute Gasteiger partial charge is 0.161 e. The van der Waals surface area contributed by atoms with E-state index >= 15 is 0 Å². The van der Waals surface area contributed by atoms with Crippen LogP contribution in [0.2, 0.25) is 0 Å². The van der Waals surface area contributed by atoms with Gasteiger partial charge in [-0.3, -0.25) is 4.90 Å². The quantitative estimate of drug-likeness (QED) is 0.919. The van der Waals surface area contributed by atoms with E-state index in [0.717, 1.165) is 18.0 Å². The van der Waals surface area contributed by atoms with E-state index in [2.05, 4.69) is 44.9 Å². The lowest BCUT2D eigenvalue weighted by molar-refractivity contribution is 0.166. The van der Waals surface area contributed by atoms with E-state index in [0.29, 0.717) is 19.8 Å². The molecular weight excluding hydrogens is 252 g/mol. The molecule has 1 aromatic carbocycles. The lowest BCUT2D eigenvalue weighted by Crippen LogP contribution is -2.36. The van der Waals surface area contributed by atoms with Crippen LogP contribution in [0.25, 0.3) is 0 Å². The van der Waals surface area contributed by atoms with Gasteiger partial charge in [0.25, 0.3) is 0 Å². The van der Waals surface area contributed by atoms with Crippen LogP contribution < -0.4 is 15.2 Å². The average molecular weight is 278 g/mol. The highest BCUT2D eigenvalue weighted by atomic mass is 16.6. The minimum absolute atomic E-state index is 0.199. The largest absolute Gasteiger partial charge is 0.486 e. The standard InChI is InChI=1S/C16H26N2O2/c1-16(2,3)11-18(4)13(10-17)12-5-6-14-15(9-12)20-8-7-19-14/h5-6,9,13H,7-8,10-11,17H2,1-4H3. The Bertz CT molecular complexity index is 454. The minimum atomic E-state index is 0.199. The molecule has 0 fully saturated rings. The molecule has 112 valence electrons. The Kier molecular flexibility index (Phi) is 4.55. The third-order valence-corrected chi connectivity index (χ3v) is 3.43. The summed E-state index contributed by atoms with van der Waals surface area (Å²) in [4.78, 5) is 2.31. The Labute approximate surface area is 121 Å². The van der Waals surface area contributed by atoms with Crippen molar-refractivity contribution in [2.45, 2.75) is 26.8 Å². The van der Waals surface area contributed by atoms with Crippen LogP contribution in [0.1, 0.15) is 32.4 Å². The van der Waals surface area contributed by atoms with Crippen LogP contribution in [-0.4, -0.2) is 38.3 Å². The molecule has 0 saturated heterocycles. The molecular formula is C16H26N2O2. The van der Waals surface area contributed by atoms with Gasteiger partial charge in [0.05, 0.1) is 0 Å². The molecule has 1 aliphatic rings. The number of rotatable bonds is 4. The fourth-order valence-electron chi connectivity index (χ4n) is 2.70. The molecule has 0 radical (unpaired) electrons. The molecule has 0 spiro atoms. The number of ether oxygens (including phenoxy) is 2. The van der Waals surface area contributed by atoms with Crippen LogP contribution in [0.5, 0.6) is 11.5 Å². The molecule has 1 heterocycles. The highest BCUT2D eigenvalue weighted by molar-refractivity contribution is 5.44. The van der Waals surface area contributed by atoms with Gasteiger partial charge in [0.15, 0.2) is 11.5 Å². The van der Waals surface area contributed by atoms with E-state index in [1.807, 2.05) is 6.07 Å². The lowest BCUT2D eigenvalue weighted by Gasteiger charge is -2.33. The van der Waals surface area contributed by atoms with Crippen molar-refractivity contribution in [2.75, 3.05) is 33.4 Å². The van der Waals surface area contributed by atoms with E-state index < -0.39 is 0 Å². The number of likely N-dealkylation sites (N-methyl/N-ethyl adjacent to an activating group) is 1. The zero-order chi connectivity index (χ0) is 14.8. The summed E-state index contributed by atoms with van der Waals surface area (Å²) in [6.45, 7) is 9.52. The molecule has 4 heteroatoms. The molecule has 1 unspecified atom stereocenters. The van der Waals surface area contributed by atoms with Gasteiger partial charge in [-0.1, -0.05) is 26.8 Å². The molecule has 0 saturated carbocycles. The van der Waals surface area contributed by atoms with Crippen LogP contribution in [0.4, 0.5) is 0 Å². The number of hydrogen-bond donors (Lipinski definition) is 1.